The van der Waals surface area contributed by atoms with Crippen molar-refractivity contribution in [1.29, 1.82) is 0 Å². The third-order valence-corrected chi connectivity index (χ3v) is 4.81. The number of hydrogen-bond acceptors (Lipinski definition) is 6. The number of hydrogen-bond donors (Lipinski definition) is 1. The molecule has 7 nitrogen and oxygen atoms in total. The summed E-state index contributed by atoms with van der Waals surface area (Å²) in [4.78, 5) is 23.9. The lowest BCUT2D eigenvalue weighted by molar-refractivity contribution is 0.0938. The number of carbonyl (C=O) groups excluding carboxylic acids is 1. The van der Waals surface area contributed by atoms with Crippen LogP contribution in [0.15, 0.2) is 51.5 Å². The van der Waals surface area contributed by atoms with Gasteiger partial charge >= 0.3 is 0 Å². The summed E-state index contributed by atoms with van der Waals surface area (Å²) < 4.78 is 11.3. The Hall–Kier alpha value is -3.35. The van der Waals surface area contributed by atoms with Crippen LogP contribution in [0.2, 0.25) is 0 Å². The molecule has 0 bridgehead atoms. The zero-order valence-corrected chi connectivity index (χ0v) is 14.6. The smallest absolute Gasteiger partial charge is 0.289 e. The zero-order valence-electron chi connectivity index (χ0n) is 14.6. The molecule has 0 aliphatic carbocycles. The molecule has 0 radical (unpaired) electrons. The van der Waals surface area contributed by atoms with Crippen LogP contribution < -0.4 is 10.2 Å². The van der Waals surface area contributed by atoms with Crippen LogP contribution in [-0.2, 0) is 6.54 Å². The Balaban J connectivity index is 1.59. The van der Waals surface area contributed by atoms with Gasteiger partial charge in [-0.05, 0) is 37.1 Å². The standard InChI is InChI=1S/C20H18N4O3/c25-20(21-12-13-6-5-11-26-13)18-22-16-14-7-1-2-8-15(14)27-17(16)19(23-18)24-9-3-4-10-24/h1-2,5-8,11H,3-4,9-10,12H2,(H,21,25). The van der Waals surface area contributed by atoms with Gasteiger partial charge in [-0.15, -0.1) is 0 Å². The van der Waals surface area contributed by atoms with Crippen LogP contribution in [0.1, 0.15) is 29.2 Å². The number of benzene rings is 1. The molecule has 1 fully saturated rings. The Bertz CT molecular complexity index is 1110. The van der Waals surface area contributed by atoms with E-state index >= 15 is 0 Å². The first kappa shape index (κ1) is 15.9. The molecule has 1 saturated heterocycles. The molecule has 0 atom stereocenters. The van der Waals surface area contributed by atoms with E-state index in [1.165, 1.54) is 0 Å². The molecule has 7 heteroatoms. The van der Waals surface area contributed by atoms with Gasteiger partial charge in [-0.3, -0.25) is 4.79 Å². The molecule has 4 aromatic rings. The quantitative estimate of drug-likeness (QED) is 0.598. The number of fused-ring (bicyclic) bond motifs is 3. The summed E-state index contributed by atoms with van der Waals surface area (Å²) in [5, 5.41) is 3.70. The summed E-state index contributed by atoms with van der Waals surface area (Å²) in [6.07, 6.45) is 3.78. The van der Waals surface area contributed by atoms with Crippen molar-refractivity contribution < 1.29 is 13.6 Å². The normalized spacial score (nSPS) is 14.3. The lowest BCUT2D eigenvalue weighted by Crippen LogP contribution is -2.27. The van der Waals surface area contributed by atoms with Crippen molar-refractivity contribution in [1.82, 2.24) is 15.3 Å². The van der Waals surface area contributed by atoms with Gasteiger partial charge in [0.1, 0.15) is 16.9 Å². The van der Waals surface area contributed by atoms with Crippen LogP contribution in [0.25, 0.3) is 22.1 Å². The highest BCUT2D eigenvalue weighted by molar-refractivity contribution is 6.07. The minimum Gasteiger partial charge on any atom is -0.467 e. The fourth-order valence-electron chi connectivity index (χ4n) is 3.48. The molecule has 0 spiro atoms. The molecular weight excluding hydrogens is 344 g/mol. The van der Waals surface area contributed by atoms with Gasteiger partial charge in [0.05, 0.1) is 12.8 Å². The molecule has 1 aliphatic rings. The predicted octanol–water partition coefficient (Wildman–Crippen LogP) is 3.50. The largest absolute Gasteiger partial charge is 0.467 e. The zero-order chi connectivity index (χ0) is 18.2. The van der Waals surface area contributed by atoms with Crippen molar-refractivity contribution in [3.05, 3.63) is 54.2 Å². The first-order valence-corrected chi connectivity index (χ1v) is 9.04. The Morgan fingerprint density at radius 1 is 1.11 bits per heavy atom. The number of nitrogens with one attached hydrogen (secondary N) is 1. The van der Waals surface area contributed by atoms with Crippen LogP contribution in [0.5, 0.6) is 0 Å². The van der Waals surface area contributed by atoms with Crippen molar-refractivity contribution in [2.75, 3.05) is 18.0 Å². The van der Waals surface area contributed by atoms with Crippen molar-refractivity contribution in [2.45, 2.75) is 19.4 Å². The number of anilines is 1. The Morgan fingerprint density at radius 3 is 2.78 bits per heavy atom. The second-order valence-electron chi connectivity index (χ2n) is 6.60. The first-order chi connectivity index (χ1) is 13.3. The summed E-state index contributed by atoms with van der Waals surface area (Å²) in [5.41, 5.74) is 2.06. The van der Waals surface area contributed by atoms with E-state index in [1.807, 2.05) is 30.3 Å². The van der Waals surface area contributed by atoms with Gasteiger partial charge in [0.2, 0.25) is 5.82 Å². The molecule has 1 aliphatic heterocycles. The van der Waals surface area contributed by atoms with E-state index in [9.17, 15) is 4.79 Å². The van der Waals surface area contributed by atoms with Gasteiger partial charge in [-0.25, -0.2) is 9.97 Å². The molecule has 0 saturated carbocycles. The number of aromatic nitrogens is 2. The number of amides is 1. The van der Waals surface area contributed by atoms with Gasteiger partial charge in [0.25, 0.3) is 5.91 Å². The maximum Gasteiger partial charge on any atom is 0.289 e. The summed E-state index contributed by atoms with van der Waals surface area (Å²) in [7, 11) is 0. The molecule has 136 valence electrons. The van der Waals surface area contributed by atoms with Crippen molar-refractivity contribution in [3.63, 3.8) is 0 Å². The van der Waals surface area contributed by atoms with E-state index < -0.39 is 0 Å². The first-order valence-electron chi connectivity index (χ1n) is 9.04. The molecule has 1 aromatic carbocycles. The molecule has 1 amide bonds. The predicted molar refractivity (Wildman–Crippen MR) is 101 cm³/mol. The second kappa shape index (κ2) is 6.42. The van der Waals surface area contributed by atoms with Crippen molar-refractivity contribution in [3.8, 4) is 0 Å². The van der Waals surface area contributed by atoms with E-state index in [0.717, 1.165) is 36.9 Å². The van der Waals surface area contributed by atoms with Gasteiger partial charge in [0, 0.05) is 18.5 Å². The van der Waals surface area contributed by atoms with Crippen molar-refractivity contribution >= 4 is 33.8 Å². The van der Waals surface area contributed by atoms with E-state index in [0.29, 0.717) is 29.2 Å². The number of furan rings is 2. The van der Waals surface area contributed by atoms with Gasteiger partial charge in [-0.1, -0.05) is 12.1 Å². The number of nitrogens with zero attached hydrogens (tertiary/aromatic N) is 3. The molecule has 3 aromatic heterocycles. The van der Waals surface area contributed by atoms with Gasteiger partial charge in [0.15, 0.2) is 11.4 Å². The van der Waals surface area contributed by atoms with E-state index in [2.05, 4.69) is 20.2 Å². The van der Waals surface area contributed by atoms with Gasteiger partial charge < -0.3 is 19.1 Å². The molecule has 27 heavy (non-hydrogen) atoms. The average molecular weight is 362 g/mol. The minimum atomic E-state index is -0.334. The third kappa shape index (κ3) is 2.81. The summed E-state index contributed by atoms with van der Waals surface area (Å²) in [6, 6.07) is 11.3. The fourth-order valence-corrected chi connectivity index (χ4v) is 3.48. The highest BCUT2D eigenvalue weighted by atomic mass is 16.3. The lowest BCUT2D eigenvalue weighted by Gasteiger charge is -2.16. The molecular formula is C20H18N4O3. The Labute approximate surface area is 155 Å². The third-order valence-electron chi connectivity index (χ3n) is 4.81. The van der Waals surface area contributed by atoms with E-state index in [4.69, 9.17) is 8.83 Å². The summed E-state index contributed by atoms with van der Waals surface area (Å²) in [5.74, 6) is 1.18. The molecule has 5 rings (SSSR count). The minimum absolute atomic E-state index is 0.141. The second-order valence-corrected chi connectivity index (χ2v) is 6.60. The average Bonchev–Trinajstić information content (AvgIpc) is 3.46. The highest BCUT2D eigenvalue weighted by Crippen LogP contribution is 2.34. The highest BCUT2D eigenvalue weighted by Gasteiger charge is 2.24. The Morgan fingerprint density at radius 2 is 1.96 bits per heavy atom. The maximum absolute atomic E-state index is 12.7. The molecule has 4 heterocycles. The lowest BCUT2D eigenvalue weighted by atomic mass is 10.2. The van der Waals surface area contributed by atoms with E-state index in [-0.39, 0.29) is 11.7 Å². The summed E-state index contributed by atoms with van der Waals surface area (Å²) >= 11 is 0. The summed E-state index contributed by atoms with van der Waals surface area (Å²) in [6.45, 7) is 2.09. The number of carbonyl (C=O) groups is 1. The monoisotopic (exact) mass is 362 g/mol. The topological polar surface area (TPSA) is 84.4 Å². The van der Waals surface area contributed by atoms with Crippen LogP contribution in [-0.4, -0.2) is 29.0 Å². The van der Waals surface area contributed by atoms with Gasteiger partial charge in [-0.2, -0.15) is 0 Å². The SMILES string of the molecule is O=C(NCc1ccco1)c1nc(N2CCCC2)c2oc3ccccc3c2n1. The fraction of sp³-hybridized carbons (Fsp3) is 0.250. The number of para-hydroxylation sites is 1. The van der Waals surface area contributed by atoms with Crippen LogP contribution in [0.3, 0.4) is 0 Å². The maximum atomic E-state index is 12.7. The van der Waals surface area contributed by atoms with Crippen molar-refractivity contribution in [2.24, 2.45) is 0 Å². The van der Waals surface area contributed by atoms with E-state index in [1.54, 1.807) is 12.3 Å². The molecule has 0 unspecified atom stereocenters. The number of rotatable bonds is 4. The van der Waals surface area contributed by atoms with Crippen LogP contribution in [0, 0.1) is 0 Å². The van der Waals surface area contributed by atoms with Crippen LogP contribution >= 0.6 is 0 Å². The van der Waals surface area contributed by atoms with Crippen LogP contribution in [0.4, 0.5) is 5.82 Å². The Kier molecular flexibility index (Phi) is 3.78. The molecule has 1 N–H and O–H groups in total.